The van der Waals surface area contributed by atoms with E-state index in [1.807, 2.05) is 30.4 Å². The first-order valence-corrected chi connectivity index (χ1v) is 23.5. The number of ether oxygens (including phenoxy) is 2. The van der Waals surface area contributed by atoms with Crippen molar-refractivity contribution in [3.8, 4) is 0 Å². The van der Waals surface area contributed by atoms with Crippen LogP contribution in [0.1, 0.15) is 136 Å². The predicted molar refractivity (Wildman–Crippen MR) is 246 cm³/mol. The summed E-state index contributed by atoms with van der Waals surface area (Å²) in [4.78, 5) is 45.9. The lowest BCUT2D eigenvalue weighted by Crippen LogP contribution is -2.34. The van der Waals surface area contributed by atoms with Gasteiger partial charge in [-0.1, -0.05) is 142 Å². The summed E-state index contributed by atoms with van der Waals surface area (Å²) in [7, 11) is -4.77. The number of carboxylic acids is 1. The van der Waals surface area contributed by atoms with Crippen molar-refractivity contribution in [2.45, 2.75) is 154 Å². The van der Waals surface area contributed by atoms with E-state index in [0.29, 0.717) is 25.7 Å². The van der Waals surface area contributed by atoms with Crippen molar-refractivity contribution in [3.05, 3.63) is 109 Å². The fourth-order valence-electron chi connectivity index (χ4n) is 5.11. The first-order valence-electron chi connectivity index (χ1n) is 22.0. The lowest BCUT2D eigenvalue weighted by atomic mass is 10.1. The molecule has 0 saturated heterocycles. The van der Waals surface area contributed by atoms with Crippen LogP contribution in [0.2, 0.25) is 0 Å². The Morgan fingerprint density at radius 3 is 1.52 bits per heavy atom. The highest BCUT2D eigenvalue weighted by atomic mass is 31.2. The SMILES string of the molecule is CCCCC/C=C\C/C=C\C/C=C\C/C=C\C/C=C\CCC(=O)OC[C@H](COP(=O)(O)OC[C@H](N)C(=O)O)OC(=O)CCC/C=C\C/C=C\C/C=C\C/C=C\CC(O)CCC. The number of aliphatic hydroxyl groups is 1. The van der Waals surface area contributed by atoms with Crippen LogP contribution < -0.4 is 5.73 Å². The average Bonchev–Trinajstić information content (AvgIpc) is 3.23. The molecule has 0 aliphatic carbocycles. The fraction of sp³-hybridized carbons (Fsp3) is 0.562. The van der Waals surface area contributed by atoms with Gasteiger partial charge in [-0.05, 0) is 89.9 Å². The molecule has 4 atom stereocenters. The highest BCUT2D eigenvalue weighted by molar-refractivity contribution is 7.47. The molecule has 0 spiro atoms. The van der Waals surface area contributed by atoms with E-state index in [2.05, 4.69) is 97.4 Å². The van der Waals surface area contributed by atoms with Crippen molar-refractivity contribution in [1.29, 1.82) is 0 Å². The van der Waals surface area contributed by atoms with Gasteiger partial charge in [0.2, 0.25) is 0 Å². The monoisotopic (exact) mass is 874 g/mol. The largest absolute Gasteiger partial charge is 0.480 e. The van der Waals surface area contributed by atoms with E-state index in [1.165, 1.54) is 19.3 Å². The van der Waals surface area contributed by atoms with Gasteiger partial charge in [0.25, 0.3) is 0 Å². The number of aliphatic hydroxyl groups excluding tert-OH is 1. The van der Waals surface area contributed by atoms with E-state index < -0.39 is 57.7 Å². The molecule has 0 aromatic carbocycles. The van der Waals surface area contributed by atoms with Gasteiger partial charge in [0.1, 0.15) is 12.6 Å². The molecule has 12 nitrogen and oxygen atoms in total. The number of carbonyl (C=O) groups excluding carboxylic acids is 2. The molecule has 0 aromatic rings. The zero-order valence-electron chi connectivity index (χ0n) is 36.8. The van der Waals surface area contributed by atoms with Crippen LogP contribution in [0.15, 0.2) is 109 Å². The number of hydrogen-bond donors (Lipinski definition) is 4. The Hall–Kier alpha value is -3.90. The Bertz CT molecular complexity index is 1460. The van der Waals surface area contributed by atoms with Crippen LogP contribution in [0, 0.1) is 0 Å². The molecule has 61 heavy (non-hydrogen) atoms. The van der Waals surface area contributed by atoms with Gasteiger partial charge in [0, 0.05) is 12.8 Å². The molecule has 0 aliphatic heterocycles. The van der Waals surface area contributed by atoms with Crippen molar-refractivity contribution in [2.24, 2.45) is 5.73 Å². The van der Waals surface area contributed by atoms with Gasteiger partial charge in [-0.15, -0.1) is 0 Å². The third-order valence-electron chi connectivity index (χ3n) is 8.56. The van der Waals surface area contributed by atoms with E-state index >= 15 is 0 Å². The molecule has 0 aliphatic rings. The fourth-order valence-corrected chi connectivity index (χ4v) is 5.89. The quantitative estimate of drug-likeness (QED) is 0.0198. The molecule has 344 valence electrons. The molecule has 0 aromatic heterocycles. The molecule has 0 amide bonds. The van der Waals surface area contributed by atoms with E-state index in [9.17, 15) is 28.9 Å². The van der Waals surface area contributed by atoms with E-state index in [-0.39, 0.29) is 18.9 Å². The second-order valence-electron chi connectivity index (χ2n) is 14.3. The maximum absolute atomic E-state index is 12.6. The van der Waals surface area contributed by atoms with Crippen LogP contribution >= 0.6 is 7.82 Å². The second kappa shape index (κ2) is 41.5. The minimum atomic E-state index is -4.77. The van der Waals surface area contributed by atoms with Crippen molar-refractivity contribution in [1.82, 2.24) is 0 Å². The summed E-state index contributed by atoms with van der Waals surface area (Å²) in [6.07, 6.45) is 50.9. The Morgan fingerprint density at radius 1 is 0.574 bits per heavy atom. The topological polar surface area (TPSA) is 192 Å². The van der Waals surface area contributed by atoms with Crippen LogP contribution in [0.5, 0.6) is 0 Å². The van der Waals surface area contributed by atoms with Crippen molar-refractivity contribution < 1.29 is 52.6 Å². The lowest BCUT2D eigenvalue weighted by molar-refractivity contribution is -0.161. The first kappa shape index (κ1) is 57.1. The number of unbranched alkanes of at least 4 members (excludes halogenated alkanes) is 4. The molecule has 2 unspecified atom stereocenters. The highest BCUT2D eigenvalue weighted by Gasteiger charge is 2.28. The van der Waals surface area contributed by atoms with Crippen molar-refractivity contribution >= 4 is 25.7 Å². The Morgan fingerprint density at radius 2 is 1.03 bits per heavy atom. The Labute approximate surface area is 366 Å². The maximum Gasteiger partial charge on any atom is 0.472 e. The minimum Gasteiger partial charge on any atom is -0.480 e. The van der Waals surface area contributed by atoms with Gasteiger partial charge in [-0.3, -0.25) is 23.4 Å². The van der Waals surface area contributed by atoms with Crippen molar-refractivity contribution in [2.75, 3.05) is 19.8 Å². The Balaban J connectivity index is 4.62. The van der Waals surface area contributed by atoms with Gasteiger partial charge in [0.05, 0.1) is 19.3 Å². The number of carbonyl (C=O) groups is 3. The van der Waals surface area contributed by atoms with Gasteiger partial charge < -0.3 is 30.3 Å². The van der Waals surface area contributed by atoms with Gasteiger partial charge in [-0.25, -0.2) is 4.57 Å². The molecular formula is C48H76NO11P. The van der Waals surface area contributed by atoms with Gasteiger partial charge in [-0.2, -0.15) is 0 Å². The molecule has 0 radical (unpaired) electrons. The van der Waals surface area contributed by atoms with Crippen LogP contribution in [-0.4, -0.2) is 71.1 Å². The first-order chi connectivity index (χ1) is 29.5. The molecule has 0 rings (SSSR count). The molecular weight excluding hydrogens is 797 g/mol. The summed E-state index contributed by atoms with van der Waals surface area (Å²) in [6.45, 7) is 2.41. The molecule has 5 N–H and O–H groups in total. The standard InChI is InChI=1S/C48H76NO11P/c1-3-5-6-7-8-9-10-11-12-13-14-15-16-19-22-25-28-31-34-38-46(51)57-40-44(41-58-61(55,56)59-42-45(49)48(53)54)60-47(52)39-35-32-29-26-23-20-17-18-21-24-27-30-33-37-43(50)36-4-2/h8-9,11-12,14-15,17,19-22,24,26,28-31,33,43-45,50H,3-7,10,13,16,18,23,25,27,32,34-42,49H2,1-2H3,(H,53,54)(H,55,56)/b9-8-,12-11-,15-14-,20-17-,22-19-,24-21-,29-26-,31-28-,33-30-/t43?,44-,45+/m1/s1. The summed E-state index contributed by atoms with van der Waals surface area (Å²) in [5.74, 6) is -2.60. The summed E-state index contributed by atoms with van der Waals surface area (Å²) >= 11 is 0. The van der Waals surface area contributed by atoms with E-state index in [0.717, 1.165) is 64.2 Å². The maximum atomic E-state index is 12.6. The molecule has 0 heterocycles. The summed E-state index contributed by atoms with van der Waals surface area (Å²) in [5, 5.41) is 18.6. The van der Waals surface area contributed by atoms with Crippen molar-refractivity contribution in [3.63, 3.8) is 0 Å². The van der Waals surface area contributed by atoms with E-state index in [1.54, 1.807) is 0 Å². The van der Waals surface area contributed by atoms with Crippen LogP contribution in [-0.2, 0) is 37.5 Å². The Kier molecular flexibility index (Phi) is 38.8. The van der Waals surface area contributed by atoms with Crippen LogP contribution in [0.3, 0.4) is 0 Å². The van der Waals surface area contributed by atoms with Crippen LogP contribution in [0.25, 0.3) is 0 Å². The number of hydrogen-bond acceptors (Lipinski definition) is 10. The lowest BCUT2D eigenvalue weighted by Gasteiger charge is -2.20. The number of carboxylic acid groups (broad SMARTS) is 1. The van der Waals surface area contributed by atoms with E-state index in [4.69, 9.17) is 24.8 Å². The summed E-state index contributed by atoms with van der Waals surface area (Å²) in [6, 6.07) is -1.55. The number of rotatable bonds is 39. The molecule has 0 saturated carbocycles. The third-order valence-corrected chi connectivity index (χ3v) is 9.51. The molecule has 0 fully saturated rings. The van der Waals surface area contributed by atoms with Gasteiger partial charge >= 0.3 is 25.7 Å². The summed E-state index contributed by atoms with van der Waals surface area (Å²) < 4.78 is 32.5. The third kappa shape index (κ3) is 41.2. The smallest absolute Gasteiger partial charge is 0.472 e. The number of allylic oxidation sites excluding steroid dienone is 17. The number of aliphatic carboxylic acids is 1. The number of phosphoric acid groups is 1. The normalized spacial score (nSPS) is 15.2. The second-order valence-corrected chi connectivity index (χ2v) is 15.8. The summed E-state index contributed by atoms with van der Waals surface area (Å²) in [5.41, 5.74) is 5.32. The predicted octanol–water partition coefficient (Wildman–Crippen LogP) is 10.8. The van der Waals surface area contributed by atoms with Gasteiger partial charge in [0.15, 0.2) is 6.10 Å². The molecule has 13 heteroatoms. The molecule has 0 bridgehead atoms. The zero-order chi connectivity index (χ0) is 45.1. The average molecular weight is 874 g/mol. The highest BCUT2D eigenvalue weighted by Crippen LogP contribution is 2.43. The number of phosphoric ester groups is 1. The minimum absolute atomic E-state index is 0.0480. The van der Waals surface area contributed by atoms with Crippen LogP contribution in [0.4, 0.5) is 0 Å². The number of nitrogens with two attached hydrogens (primary N) is 1. The zero-order valence-corrected chi connectivity index (χ0v) is 37.7. The number of esters is 2.